The lowest BCUT2D eigenvalue weighted by molar-refractivity contribution is 0.0739. The first-order chi connectivity index (χ1) is 13.7. The van der Waals surface area contributed by atoms with Crippen LogP contribution in [0, 0.1) is 6.92 Å². The third-order valence-electron chi connectivity index (χ3n) is 4.66. The van der Waals surface area contributed by atoms with Crippen LogP contribution in [0.2, 0.25) is 0 Å². The molecule has 28 heavy (non-hydrogen) atoms. The minimum atomic E-state index is 0.0107. The number of aryl methyl sites for hydroxylation is 2. The van der Waals surface area contributed by atoms with Crippen LogP contribution < -0.4 is 0 Å². The Morgan fingerprint density at radius 2 is 2.00 bits per heavy atom. The van der Waals surface area contributed by atoms with Crippen molar-refractivity contribution in [2.75, 3.05) is 6.54 Å². The number of aromatic amines is 1. The number of hydrogen-bond acceptors (Lipinski definition) is 4. The van der Waals surface area contributed by atoms with Crippen molar-refractivity contribution in [2.45, 2.75) is 26.4 Å². The van der Waals surface area contributed by atoms with Crippen LogP contribution in [0.4, 0.5) is 0 Å². The molecular formula is C21H22N6O. The summed E-state index contributed by atoms with van der Waals surface area (Å²) in [6.45, 7) is 3.93. The molecule has 1 amide bonds. The molecule has 1 N–H and O–H groups in total. The molecule has 3 aromatic heterocycles. The first-order valence-corrected chi connectivity index (χ1v) is 9.29. The van der Waals surface area contributed by atoms with Crippen LogP contribution in [0.5, 0.6) is 0 Å². The molecule has 0 aliphatic rings. The number of rotatable bonds is 7. The van der Waals surface area contributed by atoms with Crippen molar-refractivity contribution in [1.29, 1.82) is 0 Å². The van der Waals surface area contributed by atoms with Gasteiger partial charge in [0.2, 0.25) is 0 Å². The van der Waals surface area contributed by atoms with Crippen LogP contribution in [-0.4, -0.2) is 41.9 Å². The predicted molar refractivity (Wildman–Crippen MR) is 107 cm³/mol. The second-order valence-electron chi connectivity index (χ2n) is 6.79. The van der Waals surface area contributed by atoms with Crippen molar-refractivity contribution in [3.8, 4) is 0 Å². The molecular weight excluding hydrogens is 352 g/mol. The number of nitrogens with one attached hydrogen (secondary N) is 1. The molecule has 0 atom stereocenters. The van der Waals surface area contributed by atoms with Crippen molar-refractivity contribution < 1.29 is 4.79 Å². The Kier molecular flexibility index (Phi) is 5.14. The molecule has 0 bridgehead atoms. The third-order valence-corrected chi connectivity index (χ3v) is 4.66. The summed E-state index contributed by atoms with van der Waals surface area (Å²) in [5, 5.41) is 0. The third kappa shape index (κ3) is 4.09. The summed E-state index contributed by atoms with van der Waals surface area (Å²) in [5.74, 6) is 0.852. The number of nitrogens with zero attached hydrogens (tertiary/aromatic N) is 5. The second-order valence-corrected chi connectivity index (χ2v) is 6.79. The van der Waals surface area contributed by atoms with Gasteiger partial charge in [-0.2, -0.15) is 0 Å². The topological polar surface area (TPSA) is 79.7 Å². The molecule has 0 unspecified atom stereocenters. The summed E-state index contributed by atoms with van der Waals surface area (Å²) in [6.07, 6.45) is 9.85. The van der Waals surface area contributed by atoms with Gasteiger partial charge in [-0.05, 0) is 49.2 Å². The number of H-pyrrole nitrogens is 1. The lowest BCUT2D eigenvalue weighted by Gasteiger charge is -2.23. The highest BCUT2D eigenvalue weighted by Gasteiger charge is 2.17. The first kappa shape index (κ1) is 17.9. The largest absolute Gasteiger partial charge is 0.342 e. The molecule has 0 aliphatic carbocycles. The van der Waals surface area contributed by atoms with Gasteiger partial charge in [0.15, 0.2) is 0 Å². The SMILES string of the molecule is Cc1nc2ccc(C(=O)N(CCCn3ccnc3)Cc3ccncc3)cc2[nH]1. The maximum absolute atomic E-state index is 13.2. The number of amides is 1. The molecule has 4 aromatic rings. The molecule has 0 saturated heterocycles. The van der Waals surface area contributed by atoms with E-state index in [9.17, 15) is 4.79 Å². The minimum absolute atomic E-state index is 0.0107. The van der Waals surface area contributed by atoms with Gasteiger partial charge in [0.25, 0.3) is 5.91 Å². The molecule has 7 nitrogen and oxygen atoms in total. The van der Waals surface area contributed by atoms with E-state index in [-0.39, 0.29) is 5.91 Å². The van der Waals surface area contributed by atoms with E-state index in [1.807, 2.05) is 52.9 Å². The molecule has 0 spiro atoms. The highest BCUT2D eigenvalue weighted by Crippen LogP contribution is 2.17. The molecule has 7 heteroatoms. The maximum atomic E-state index is 13.2. The zero-order valence-corrected chi connectivity index (χ0v) is 15.7. The number of carbonyl (C=O) groups excluding carboxylic acids is 1. The smallest absolute Gasteiger partial charge is 0.254 e. The number of aromatic nitrogens is 5. The number of carbonyl (C=O) groups is 1. The Morgan fingerprint density at radius 1 is 1.14 bits per heavy atom. The van der Waals surface area contributed by atoms with E-state index in [1.165, 1.54) is 0 Å². The van der Waals surface area contributed by atoms with Gasteiger partial charge < -0.3 is 14.5 Å². The molecule has 1 aromatic carbocycles. The van der Waals surface area contributed by atoms with Gasteiger partial charge in [-0.3, -0.25) is 9.78 Å². The first-order valence-electron chi connectivity index (χ1n) is 9.29. The lowest BCUT2D eigenvalue weighted by atomic mass is 10.1. The monoisotopic (exact) mass is 374 g/mol. The van der Waals surface area contributed by atoms with E-state index in [2.05, 4.69) is 19.9 Å². The fraction of sp³-hybridized carbons (Fsp3) is 0.238. The fourth-order valence-corrected chi connectivity index (χ4v) is 3.28. The Labute approximate surface area is 163 Å². The van der Waals surface area contributed by atoms with Crippen molar-refractivity contribution in [3.05, 3.63) is 78.4 Å². The normalized spacial score (nSPS) is 11.0. The summed E-state index contributed by atoms with van der Waals surface area (Å²) in [6, 6.07) is 9.50. The van der Waals surface area contributed by atoms with Gasteiger partial charge in [0.1, 0.15) is 5.82 Å². The number of fused-ring (bicyclic) bond motifs is 1. The Balaban J connectivity index is 1.53. The Bertz CT molecular complexity index is 1060. The van der Waals surface area contributed by atoms with E-state index in [0.717, 1.165) is 35.4 Å². The number of imidazole rings is 2. The van der Waals surface area contributed by atoms with Crippen LogP contribution >= 0.6 is 0 Å². The molecule has 0 saturated carbocycles. The van der Waals surface area contributed by atoms with Crippen molar-refractivity contribution in [3.63, 3.8) is 0 Å². The van der Waals surface area contributed by atoms with Gasteiger partial charge >= 0.3 is 0 Å². The van der Waals surface area contributed by atoms with Gasteiger partial charge in [-0.25, -0.2) is 9.97 Å². The van der Waals surface area contributed by atoms with E-state index in [4.69, 9.17) is 0 Å². The van der Waals surface area contributed by atoms with Crippen molar-refractivity contribution in [2.24, 2.45) is 0 Å². The number of hydrogen-bond donors (Lipinski definition) is 1. The van der Waals surface area contributed by atoms with Crippen LogP contribution in [-0.2, 0) is 13.1 Å². The van der Waals surface area contributed by atoms with Crippen LogP contribution in [0.1, 0.15) is 28.2 Å². The summed E-state index contributed by atoms with van der Waals surface area (Å²) in [7, 11) is 0. The fourth-order valence-electron chi connectivity index (χ4n) is 3.28. The summed E-state index contributed by atoms with van der Waals surface area (Å²) >= 11 is 0. The van der Waals surface area contributed by atoms with Crippen molar-refractivity contribution in [1.82, 2.24) is 29.4 Å². The number of pyridine rings is 1. The molecule has 0 aliphatic heterocycles. The molecule has 3 heterocycles. The van der Waals surface area contributed by atoms with E-state index in [0.29, 0.717) is 18.7 Å². The summed E-state index contributed by atoms with van der Waals surface area (Å²) < 4.78 is 2.02. The zero-order valence-electron chi connectivity index (χ0n) is 15.7. The average Bonchev–Trinajstić information content (AvgIpc) is 3.35. The minimum Gasteiger partial charge on any atom is -0.342 e. The number of benzene rings is 1. The summed E-state index contributed by atoms with van der Waals surface area (Å²) in [5.41, 5.74) is 3.47. The van der Waals surface area contributed by atoms with Crippen LogP contribution in [0.15, 0.2) is 61.4 Å². The quantitative estimate of drug-likeness (QED) is 0.539. The zero-order chi connectivity index (χ0) is 19.3. The molecule has 4 rings (SSSR count). The highest BCUT2D eigenvalue weighted by atomic mass is 16.2. The average molecular weight is 374 g/mol. The molecule has 142 valence electrons. The second kappa shape index (κ2) is 8.04. The maximum Gasteiger partial charge on any atom is 0.254 e. The van der Waals surface area contributed by atoms with Gasteiger partial charge in [0, 0.05) is 50.0 Å². The summed E-state index contributed by atoms with van der Waals surface area (Å²) in [4.78, 5) is 30.9. The van der Waals surface area contributed by atoms with Gasteiger partial charge in [0.05, 0.1) is 17.4 Å². The van der Waals surface area contributed by atoms with Gasteiger partial charge in [-0.15, -0.1) is 0 Å². The standard InChI is InChI=1S/C21H22N6O/c1-16-24-19-4-3-18(13-20(19)25-16)21(28)27(14-17-5-7-22-8-6-17)11-2-10-26-12-9-23-15-26/h3-9,12-13,15H,2,10-11,14H2,1H3,(H,24,25). The van der Waals surface area contributed by atoms with Crippen LogP contribution in [0.3, 0.4) is 0 Å². The Hall–Kier alpha value is -3.48. The van der Waals surface area contributed by atoms with Crippen molar-refractivity contribution >= 4 is 16.9 Å². The highest BCUT2D eigenvalue weighted by molar-refractivity contribution is 5.97. The van der Waals surface area contributed by atoms with E-state index >= 15 is 0 Å². The molecule has 0 fully saturated rings. The van der Waals surface area contributed by atoms with Gasteiger partial charge in [-0.1, -0.05) is 0 Å². The van der Waals surface area contributed by atoms with E-state index < -0.39 is 0 Å². The Morgan fingerprint density at radius 3 is 2.79 bits per heavy atom. The van der Waals surface area contributed by atoms with Crippen LogP contribution in [0.25, 0.3) is 11.0 Å². The molecule has 0 radical (unpaired) electrons. The predicted octanol–water partition coefficient (Wildman–Crippen LogP) is 3.20. The lowest BCUT2D eigenvalue weighted by Crippen LogP contribution is -2.32. The van der Waals surface area contributed by atoms with E-state index in [1.54, 1.807) is 24.9 Å².